The lowest BCUT2D eigenvalue weighted by atomic mass is 10.1. The quantitative estimate of drug-likeness (QED) is 0.559. The van der Waals surface area contributed by atoms with Gasteiger partial charge in [-0.05, 0) is 63.0 Å². The van der Waals surface area contributed by atoms with Gasteiger partial charge in [0.1, 0.15) is 17.7 Å². The zero-order valence-corrected chi connectivity index (χ0v) is 15.6. The highest BCUT2D eigenvalue weighted by Gasteiger charge is 2.15. The van der Waals surface area contributed by atoms with Crippen molar-refractivity contribution in [2.45, 2.75) is 32.8 Å². The van der Waals surface area contributed by atoms with Crippen LogP contribution in [0.5, 0.6) is 5.75 Å². The maximum atomic E-state index is 12.9. The van der Waals surface area contributed by atoms with Gasteiger partial charge in [-0.3, -0.25) is 4.99 Å². The monoisotopic (exact) mass is 350 g/mol. The second kappa shape index (κ2) is 10.2. The molecule has 0 spiro atoms. The third kappa shape index (κ3) is 7.30. The largest absolute Gasteiger partial charge is 0.489 e. The van der Waals surface area contributed by atoms with Crippen molar-refractivity contribution in [1.82, 2.24) is 15.5 Å². The minimum atomic E-state index is -0.259. The molecule has 1 aromatic rings. The highest BCUT2D eigenvalue weighted by atomic mass is 19.1. The second-order valence-corrected chi connectivity index (χ2v) is 6.83. The molecule has 5 nitrogen and oxygen atoms in total. The minimum Gasteiger partial charge on any atom is -0.489 e. The summed E-state index contributed by atoms with van der Waals surface area (Å²) in [6, 6.07) is 6.08. The first-order chi connectivity index (χ1) is 12.1. The number of halogens is 1. The van der Waals surface area contributed by atoms with Crippen molar-refractivity contribution in [1.29, 1.82) is 0 Å². The molecule has 0 aliphatic carbocycles. The molecule has 1 fully saturated rings. The predicted octanol–water partition coefficient (Wildman–Crippen LogP) is 2.49. The Balaban J connectivity index is 1.65. The van der Waals surface area contributed by atoms with E-state index in [1.54, 1.807) is 19.2 Å². The number of benzene rings is 1. The third-order valence-corrected chi connectivity index (χ3v) is 4.32. The van der Waals surface area contributed by atoms with E-state index in [4.69, 9.17) is 4.74 Å². The van der Waals surface area contributed by atoms with E-state index in [2.05, 4.69) is 27.4 Å². The standard InChI is InChI=1S/C19H31FN4O/c1-15(14-24-10-4-5-11-24)12-22-19(21-3)23-13-16(2)25-18-8-6-17(20)7-9-18/h6-9,15-16H,4-5,10-14H2,1-3H3,(H2,21,22,23). The summed E-state index contributed by atoms with van der Waals surface area (Å²) in [5.74, 6) is 1.76. The lowest BCUT2D eigenvalue weighted by molar-refractivity contribution is 0.223. The average molecular weight is 350 g/mol. The van der Waals surface area contributed by atoms with E-state index >= 15 is 0 Å². The highest BCUT2D eigenvalue weighted by molar-refractivity contribution is 5.79. The smallest absolute Gasteiger partial charge is 0.191 e. The molecule has 2 unspecified atom stereocenters. The van der Waals surface area contributed by atoms with E-state index in [0.717, 1.165) is 19.0 Å². The van der Waals surface area contributed by atoms with E-state index in [9.17, 15) is 4.39 Å². The number of likely N-dealkylation sites (tertiary alicyclic amines) is 1. The van der Waals surface area contributed by atoms with Gasteiger partial charge in [-0.25, -0.2) is 4.39 Å². The summed E-state index contributed by atoms with van der Waals surface area (Å²) in [5, 5.41) is 6.65. The average Bonchev–Trinajstić information content (AvgIpc) is 3.10. The van der Waals surface area contributed by atoms with Crippen molar-refractivity contribution in [3.05, 3.63) is 30.1 Å². The van der Waals surface area contributed by atoms with Crippen molar-refractivity contribution in [3.63, 3.8) is 0 Å². The Hall–Kier alpha value is -1.82. The van der Waals surface area contributed by atoms with Gasteiger partial charge in [-0.2, -0.15) is 0 Å². The third-order valence-electron chi connectivity index (χ3n) is 4.32. The molecule has 1 heterocycles. The number of ether oxygens (including phenoxy) is 1. The first kappa shape index (κ1) is 19.5. The molecule has 0 aromatic heterocycles. The summed E-state index contributed by atoms with van der Waals surface area (Å²) in [4.78, 5) is 6.79. The van der Waals surface area contributed by atoms with Crippen LogP contribution in [0.2, 0.25) is 0 Å². The zero-order valence-electron chi connectivity index (χ0n) is 15.6. The van der Waals surface area contributed by atoms with Crippen molar-refractivity contribution < 1.29 is 9.13 Å². The van der Waals surface area contributed by atoms with Crippen LogP contribution in [0.3, 0.4) is 0 Å². The molecule has 2 atom stereocenters. The molecule has 6 heteroatoms. The van der Waals surface area contributed by atoms with Crippen LogP contribution in [0.1, 0.15) is 26.7 Å². The maximum absolute atomic E-state index is 12.9. The molecule has 0 bridgehead atoms. The number of hydrogen-bond donors (Lipinski definition) is 2. The summed E-state index contributed by atoms with van der Waals surface area (Å²) in [5.41, 5.74) is 0. The molecule has 140 valence electrons. The van der Waals surface area contributed by atoms with Gasteiger partial charge in [0, 0.05) is 20.1 Å². The molecule has 1 aromatic carbocycles. The van der Waals surface area contributed by atoms with Crippen LogP contribution in [0.15, 0.2) is 29.3 Å². The van der Waals surface area contributed by atoms with Crippen molar-refractivity contribution in [2.75, 3.05) is 39.8 Å². The molecule has 25 heavy (non-hydrogen) atoms. The van der Waals surface area contributed by atoms with E-state index in [0.29, 0.717) is 18.2 Å². The van der Waals surface area contributed by atoms with E-state index in [-0.39, 0.29) is 11.9 Å². The van der Waals surface area contributed by atoms with E-state index in [1.165, 1.54) is 38.1 Å². The van der Waals surface area contributed by atoms with Crippen LogP contribution in [-0.4, -0.2) is 56.7 Å². The Bertz CT molecular complexity index is 529. The molecule has 1 aliphatic rings. The number of nitrogens with one attached hydrogen (secondary N) is 2. The SMILES string of the molecule is CN=C(NCC(C)CN1CCCC1)NCC(C)Oc1ccc(F)cc1. The maximum Gasteiger partial charge on any atom is 0.191 e. The molecule has 0 saturated carbocycles. The number of hydrogen-bond acceptors (Lipinski definition) is 3. The van der Waals surface area contributed by atoms with E-state index < -0.39 is 0 Å². The van der Waals surface area contributed by atoms with Gasteiger partial charge in [0.15, 0.2) is 5.96 Å². The van der Waals surface area contributed by atoms with Crippen LogP contribution >= 0.6 is 0 Å². The fourth-order valence-corrected chi connectivity index (χ4v) is 2.99. The Labute approximate surface area is 150 Å². The van der Waals surface area contributed by atoms with Gasteiger partial charge in [0.25, 0.3) is 0 Å². The van der Waals surface area contributed by atoms with Crippen LogP contribution < -0.4 is 15.4 Å². The van der Waals surface area contributed by atoms with Gasteiger partial charge in [-0.15, -0.1) is 0 Å². The Kier molecular flexibility index (Phi) is 7.98. The van der Waals surface area contributed by atoms with Crippen LogP contribution in [0.4, 0.5) is 4.39 Å². The summed E-state index contributed by atoms with van der Waals surface area (Å²) < 4.78 is 18.7. The first-order valence-electron chi connectivity index (χ1n) is 9.16. The predicted molar refractivity (Wildman–Crippen MR) is 101 cm³/mol. The van der Waals surface area contributed by atoms with Crippen molar-refractivity contribution in [2.24, 2.45) is 10.9 Å². The number of guanidine groups is 1. The first-order valence-corrected chi connectivity index (χ1v) is 9.16. The normalized spacial score (nSPS) is 18.0. The van der Waals surface area contributed by atoms with Crippen molar-refractivity contribution in [3.8, 4) is 5.75 Å². The zero-order chi connectivity index (χ0) is 18.1. The topological polar surface area (TPSA) is 48.9 Å². The molecule has 2 N–H and O–H groups in total. The van der Waals surface area contributed by atoms with Gasteiger partial charge < -0.3 is 20.3 Å². The van der Waals surface area contributed by atoms with Gasteiger partial charge in [0.2, 0.25) is 0 Å². The molecule has 1 aliphatic heterocycles. The van der Waals surface area contributed by atoms with Gasteiger partial charge >= 0.3 is 0 Å². The van der Waals surface area contributed by atoms with Crippen LogP contribution in [-0.2, 0) is 0 Å². The molecular weight excluding hydrogens is 319 g/mol. The van der Waals surface area contributed by atoms with Gasteiger partial charge in [0.05, 0.1) is 6.54 Å². The fourth-order valence-electron chi connectivity index (χ4n) is 2.99. The van der Waals surface area contributed by atoms with Gasteiger partial charge in [-0.1, -0.05) is 6.92 Å². The lowest BCUT2D eigenvalue weighted by Gasteiger charge is -2.22. The molecule has 2 rings (SSSR count). The summed E-state index contributed by atoms with van der Waals surface area (Å²) in [6.45, 7) is 9.35. The van der Waals surface area contributed by atoms with E-state index in [1.807, 2.05) is 6.92 Å². The van der Waals surface area contributed by atoms with Crippen LogP contribution in [0, 0.1) is 11.7 Å². The Morgan fingerprint density at radius 1 is 1.16 bits per heavy atom. The summed E-state index contributed by atoms with van der Waals surface area (Å²) in [7, 11) is 1.77. The Morgan fingerprint density at radius 2 is 1.80 bits per heavy atom. The molecule has 0 radical (unpaired) electrons. The summed E-state index contributed by atoms with van der Waals surface area (Å²) in [6.07, 6.45) is 2.61. The van der Waals surface area contributed by atoms with Crippen molar-refractivity contribution >= 4 is 5.96 Å². The Morgan fingerprint density at radius 3 is 2.44 bits per heavy atom. The molecule has 0 amide bonds. The minimum absolute atomic E-state index is 0.0500. The second-order valence-electron chi connectivity index (χ2n) is 6.83. The number of aliphatic imine (C=N–C) groups is 1. The van der Waals surface area contributed by atoms with Crippen LogP contribution in [0.25, 0.3) is 0 Å². The lowest BCUT2D eigenvalue weighted by Crippen LogP contribution is -2.44. The number of nitrogens with zero attached hydrogens (tertiary/aromatic N) is 2. The highest BCUT2D eigenvalue weighted by Crippen LogP contribution is 2.12. The molecule has 1 saturated heterocycles. The number of rotatable bonds is 8. The summed E-state index contributed by atoms with van der Waals surface area (Å²) >= 11 is 0. The molecular formula is C19H31FN4O. The fraction of sp³-hybridized carbons (Fsp3) is 0.632.